The van der Waals surface area contributed by atoms with Gasteiger partial charge in [0.15, 0.2) is 0 Å². The first kappa shape index (κ1) is 22.2. The Bertz CT molecular complexity index is 691. The van der Waals surface area contributed by atoms with Crippen LogP contribution in [0, 0.1) is 0 Å². The molecule has 1 saturated heterocycles. The summed E-state index contributed by atoms with van der Waals surface area (Å²) in [5.41, 5.74) is 0.944. The third kappa shape index (κ3) is 7.90. The maximum Gasteiger partial charge on any atom is 0.329 e. The van der Waals surface area contributed by atoms with Crippen LogP contribution in [0.3, 0.4) is 0 Å². The Hall–Kier alpha value is -2.05. The number of hydrogen-bond donors (Lipinski definition) is 2. The summed E-state index contributed by atoms with van der Waals surface area (Å²) in [4.78, 5) is 24.6. The smallest absolute Gasteiger partial charge is 0.329 e. The van der Waals surface area contributed by atoms with Crippen molar-refractivity contribution in [3.63, 3.8) is 0 Å². The van der Waals surface area contributed by atoms with Gasteiger partial charge in [-0.3, -0.25) is 4.79 Å². The summed E-state index contributed by atoms with van der Waals surface area (Å²) in [6.07, 6.45) is 6.65. The lowest BCUT2D eigenvalue weighted by atomic mass is 9.97. The first-order chi connectivity index (χ1) is 13.5. The quantitative estimate of drug-likeness (QED) is 0.426. The Morgan fingerprint density at radius 2 is 2.14 bits per heavy atom. The number of halogens is 1. The van der Waals surface area contributed by atoms with Crippen molar-refractivity contribution in [2.45, 2.75) is 51.0 Å². The zero-order valence-corrected chi connectivity index (χ0v) is 16.7. The van der Waals surface area contributed by atoms with E-state index in [0.717, 1.165) is 24.8 Å². The van der Waals surface area contributed by atoms with E-state index in [4.69, 9.17) is 21.4 Å². The van der Waals surface area contributed by atoms with Gasteiger partial charge in [0.2, 0.25) is 5.91 Å². The van der Waals surface area contributed by atoms with Crippen LogP contribution in [0.25, 0.3) is 0 Å². The molecule has 0 unspecified atom stereocenters. The summed E-state index contributed by atoms with van der Waals surface area (Å²) in [6.45, 7) is 0.712. The van der Waals surface area contributed by atoms with Crippen LogP contribution in [0.5, 0.6) is 0 Å². The number of unbranched alkanes of at least 4 members (excludes halogenated alkanes) is 1. The van der Waals surface area contributed by atoms with Gasteiger partial charge in [0.05, 0.1) is 5.76 Å². The minimum atomic E-state index is -0.976. The fourth-order valence-electron chi connectivity index (χ4n) is 3.39. The predicted molar refractivity (Wildman–Crippen MR) is 108 cm³/mol. The number of hydrogen-bond acceptors (Lipinski definition) is 4. The van der Waals surface area contributed by atoms with Crippen molar-refractivity contribution >= 4 is 23.5 Å². The van der Waals surface area contributed by atoms with Gasteiger partial charge in [-0.15, -0.1) is 0 Å². The molecule has 0 radical (unpaired) electrons. The minimum Gasteiger partial charge on any atom is -0.512 e. The standard InChI is InChI=1S/C21H28ClNO5/c22-17-6-3-5-16(13-17)14-19(24)10-9-18-7-4-8-20(25)23(18)11-1-2-12-28-15-21(26)27/h3,5-6,10,13,18,24H,1-2,4,7-9,11-12,14-15H2,(H,26,27)/b19-10-/t18-/m1/s1. The molecule has 28 heavy (non-hydrogen) atoms. The van der Waals surface area contributed by atoms with Crippen molar-refractivity contribution in [3.8, 4) is 0 Å². The molecule has 1 aliphatic rings. The second-order valence-electron chi connectivity index (χ2n) is 7.02. The molecule has 1 fully saturated rings. The minimum absolute atomic E-state index is 0.0858. The molecule has 154 valence electrons. The third-order valence-electron chi connectivity index (χ3n) is 4.75. The Kier molecular flexibility index (Phi) is 9.31. The SMILES string of the molecule is O=C(O)COCCCCN1C(=O)CCC[C@@H]1C/C=C(\O)Cc1cccc(Cl)c1. The number of aliphatic hydroxyl groups excluding tert-OH is 1. The number of aliphatic hydroxyl groups is 1. The van der Waals surface area contributed by atoms with Crippen LogP contribution in [0.15, 0.2) is 36.1 Å². The first-order valence-electron chi connectivity index (χ1n) is 9.67. The van der Waals surface area contributed by atoms with Crippen LogP contribution in [-0.2, 0) is 20.7 Å². The van der Waals surface area contributed by atoms with Gasteiger partial charge in [0.25, 0.3) is 0 Å². The number of nitrogens with zero attached hydrogens (tertiary/aromatic N) is 1. The molecule has 1 aromatic rings. The van der Waals surface area contributed by atoms with Crippen molar-refractivity contribution in [1.82, 2.24) is 4.90 Å². The number of benzene rings is 1. The number of carboxylic acids is 1. The van der Waals surface area contributed by atoms with E-state index < -0.39 is 5.97 Å². The van der Waals surface area contributed by atoms with E-state index in [0.29, 0.717) is 43.9 Å². The van der Waals surface area contributed by atoms with Crippen LogP contribution in [-0.4, -0.2) is 52.8 Å². The maximum atomic E-state index is 12.3. The maximum absolute atomic E-state index is 12.3. The van der Waals surface area contributed by atoms with Crippen LogP contribution in [0.1, 0.15) is 44.1 Å². The Morgan fingerprint density at radius 3 is 2.89 bits per heavy atom. The highest BCUT2D eigenvalue weighted by atomic mass is 35.5. The van der Waals surface area contributed by atoms with E-state index >= 15 is 0 Å². The summed E-state index contributed by atoms with van der Waals surface area (Å²) in [5, 5.41) is 19.4. The summed E-state index contributed by atoms with van der Waals surface area (Å²) in [7, 11) is 0. The Morgan fingerprint density at radius 1 is 1.32 bits per heavy atom. The molecule has 0 spiro atoms. The summed E-state index contributed by atoms with van der Waals surface area (Å²) in [5.74, 6) is -0.552. The molecule has 0 aliphatic carbocycles. The van der Waals surface area contributed by atoms with E-state index in [-0.39, 0.29) is 24.3 Å². The number of allylic oxidation sites excluding steroid dienone is 1. The molecular formula is C21H28ClNO5. The fourth-order valence-corrected chi connectivity index (χ4v) is 3.60. The van der Waals surface area contributed by atoms with Crippen LogP contribution in [0.2, 0.25) is 5.02 Å². The van der Waals surface area contributed by atoms with Crippen LogP contribution >= 0.6 is 11.6 Å². The summed E-state index contributed by atoms with van der Waals surface area (Å²) < 4.78 is 5.03. The normalized spacial score (nSPS) is 17.8. The van der Waals surface area contributed by atoms with Crippen molar-refractivity contribution in [1.29, 1.82) is 0 Å². The monoisotopic (exact) mass is 409 g/mol. The molecule has 1 aliphatic heterocycles. The third-order valence-corrected chi connectivity index (χ3v) is 4.99. The van der Waals surface area contributed by atoms with Crippen LogP contribution < -0.4 is 0 Å². The van der Waals surface area contributed by atoms with Crippen molar-refractivity contribution < 1.29 is 24.5 Å². The number of piperidine rings is 1. The van der Waals surface area contributed by atoms with Gasteiger partial charge in [0, 0.05) is 37.1 Å². The number of amides is 1. The molecule has 1 atom stereocenters. The van der Waals surface area contributed by atoms with Gasteiger partial charge >= 0.3 is 5.97 Å². The van der Waals surface area contributed by atoms with Gasteiger partial charge in [-0.05, 0) is 55.9 Å². The van der Waals surface area contributed by atoms with E-state index in [1.807, 2.05) is 23.1 Å². The Labute approximate surface area is 170 Å². The largest absolute Gasteiger partial charge is 0.512 e. The number of aliphatic carboxylic acids is 1. The highest BCUT2D eigenvalue weighted by Crippen LogP contribution is 2.23. The molecule has 2 N–H and O–H groups in total. The summed E-state index contributed by atoms with van der Waals surface area (Å²) in [6, 6.07) is 7.48. The number of carboxylic acid groups (broad SMARTS) is 1. The number of likely N-dealkylation sites (tertiary alicyclic amines) is 1. The van der Waals surface area contributed by atoms with Crippen LogP contribution in [0.4, 0.5) is 0 Å². The molecule has 1 amide bonds. The van der Waals surface area contributed by atoms with Gasteiger partial charge in [-0.2, -0.15) is 0 Å². The molecule has 7 heteroatoms. The Balaban J connectivity index is 1.81. The molecule has 0 saturated carbocycles. The van der Waals surface area contributed by atoms with Gasteiger partial charge in [0.1, 0.15) is 6.61 Å². The molecule has 6 nitrogen and oxygen atoms in total. The molecule has 1 aromatic carbocycles. The fraction of sp³-hybridized carbons (Fsp3) is 0.524. The molecule has 2 rings (SSSR count). The van der Waals surface area contributed by atoms with Crippen molar-refractivity contribution in [3.05, 3.63) is 46.7 Å². The summed E-state index contributed by atoms with van der Waals surface area (Å²) >= 11 is 5.97. The topological polar surface area (TPSA) is 87.1 Å². The average Bonchev–Trinajstić information content (AvgIpc) is 2.64. The lowest BCUT2D eigenvalue weighted by molar-refractivity contribution is -0.142. The zero-order valence-electron chi connectivity index (χ0n) is 16.0. The molecular weight excluding hydrogens is 382 g/mol. The van der Waals surface area contributed by atoms with Crippen molar-refractivity contribution in [2.24, 2.45) is 0 Å². The highest BCUT2D eigenvalue weighted by Gasteiger charge is 2.26. The van der Waals surface area contributed by atoms with E-state index in [1.165, 1.54) is 0 Å². The average molecular weight is 410 g/mol. The number of rotatable bonds is 11. The van der Waals surface area contributed by atoms with E-state index in [1.54, 1.807) is 12.1 Å². The second kappa shape index (κ2) is 11.7. The van der Waals surface area contributed by atoms with Gasteiger partial charge < -0.3 is 19.8 Å². The van der Waals surface area contributed by atoms with Crippen molar-refractivity contribution in [2.75, 3.05) is 19.8 Å². The van der Waals surface area contributed by atoms with E-state index in [2.05, 4.69) is 0 Å². The molecule has 0 aromatic heterocycles. The highest BCUT2D eigenvalue weighted by molar-refractivity contribution is 6.30. The van der Waals surface area contributed by atoms with Gasteiger partial charge in [-0.25, -0.2) is 4.79 Å². The lowest BCUT2D eigenvalue weighted by Crippen LogP contribution is -2.44. The zero-order chi connectivity index (χ0) is 20.4. The number of ether oxygens (including phenoxy) is 1. The number of carbonyl (C=O) groups is 2. The first-order valence-corrected chi connectivity index (χ1v) is 10.0. The lowest BCUT2D eigenvalue weighted by Gasteiger charge is -2.35. The number of carbonyl (C=O) groups excluding carboxylic acids is 1. The van der Waals surface area contributed by atoms with E-state index in [9.17, 15) is 14.7 Å². The predicted octanol–water partition coefficient (Wildman–Crippen LogP) is 3.98. The molecule has 0 bridgehead atoms. The molecule has 1 heterocycles. The second-order valence-corrected chi connectivity index (χ2v) is 7.46. The van der Waals surface area contributed by atoms with Gasteiger partial charge in [-0.1, -0.05) is 23.7 Å².